The number of hydrogen-bond acceptors (Lipinski definition) is 5. The number of pyridine rings is 1. The van der Waals surface area contributed by atoms with Gasteiger partial charge in [-0.25, -0.2) is 13.4 Å². The zero-order valence-electron chi connectivity index (χ0n) is 16.5. The standard InChI is InChI=1S/C20H22ClN5O3S/c1-3-26(12-13-4-6-14(29-2)7-5-13)30(27,28)15-8-9-16-17(10-15)19(25-20(22)23)24-11-18(16)21/h4-11H,3,12H2,1-2H3,(H4,22,23,24,25). The SMILES string of the molecule is CCN(Cc1ccc(OC)cc1)S(=O)(=O)c1ccc2c(Cl)cnc(N=C(N)N)c2c1. The fraction of sp³-hybridized carbons (Fsp3) is 0.200. The molecule has 3 aromatic rings. The fourth-order valence-corrected chi connectivity index (χ4v) is 4.67. The molecule has 0 atom stereocenters. The smallest absolute Gasteiger partial charge is 0.243 e. The van der Waals surface area contributed by atoms with Gasteiger partial charge in [-0.2, -0.15) is 9.30 Å². The summed E-state index contributed by atoms with van der Waals surface area (Å²) in [6, 6.07) is 11.9. The number of halogens is 1. The van der Waals surface area contributed by atoms with Crippen molar-refractivity contribution in [3.8, 4) is 5.75 Å². The summed E-state index contributed by atoms with van der Waals surface area (Å²) in [7, 11) is -2.22. The van der Waals surface area contributed by atoms with E-state index in [9.17, 15) is 8.42 Å². The van der Waals surface area contributed by atoms with Crippen molar-refractivity contribution in [2.24, 2.45) is 16.5 Å². The molecule has 0 saturated carbocycles. The zero-order valence-corrected chi connectivity index (χ0v) is 18.1. The fourth-order valence-electron chi connectivity index (χ4n) is 3.00. The lowest BCUT2D eigenvalue weighted by Gasteiger charge is -2.21. The predicted molar refractivity (Wildman–Crippen MR) is 118 cm³/mol. The van der Waals surface area contributed by atoms with E-state index in [1.54, 1.807) is 32.2 Å². The van der Waals surface area contributed by atoms with Crippen molar-refractivity contribution in [3.63, 3.8) is 0 Å². The lowest BCUT2D eigenvalue weighted by molar-refractivity contribution is 0.412. The number of methoxy groups -OCH3 is 1. The number of nitrogens with zero attached hydrogens (tertiary/aromatic N) is 3. The Morgan fingerprint density at radius 3 is 2.47 bits per heavy atom. The highest BCUT2D eigenvalue weighted by atomic mass is 35.5. The summed E-state index contributed by atoms with van der Waals surface area (Å²) in [5, 5.41) is 1.41. The van der Waals surface area contributed by atoms with E-state index in [0.717, 1.165) is 5.56 Å². The highest BCUT2D eigenvalue weighted by molar-refractivity contribution is 7.89. The van der Waals surface area contributed by atoms with Crippen LogP contribution in [0.4, 0.5) is 5.82 Å². The molecule has 1 heterocycles. The second kappa shape index (κ2) is 8.86. The van der Waals surface area contributed by atoms with Gasteiger partial charge < -0.3 is 16.2 Å². The molecule has 1 aromatic heterocycles. The van der Waals surface area contributed by atoms with Crippen LogP contribution in [0.1, 0.15) is 12.5 Å². The molecule has 0 spiro atoms. The lowest BCUT2D eigenvalue weighted by atomic mass is 10.1. The molecule has 4 N–H and O–H groups in total. The number of aromatic nitrogens is 1. The molecule has 0 amide bonds. The number of ether oxygens (including phenoxy) is 1. The Morgan fingerprint density at radius 1 is 1.17 bits per heavy atom. The Morgan fingerprint density at radius 2 is 1.87 bits per heavy atom. The van der Waals surface area contributed by atoms with Gasteiger partial charge in [-0.05, 0) is 29.8 Å². The van der Waals surface area contributed by atoms with Gasteiger partial charge in [0.1, 0.15) is 5.75 Å². The largest absolute Gasteiger partial charge is 0.497 e. The maximum Gasteiger partial charge on any atom is 0.243 e. The summed E-state index contributed by atoms with van der Waals surface area (Å²) < 4.78 is 33.2. The molecule has 0 aliphatic carbocycles. The van der Waals surface area contributed by atoms with E-state index in [0.29, 0.717) is 28.1 Å². The topological polar surface area (TPSA) is 124 Å². The maximum absolute atomic E-state index is 13.3. The molecule has 0 saturated heterocycles. The van der Waals surface area contributed by atoms with Crippen LogP contribution >= 0.6 is 11.6 Å². The number of guanidine groups is 1. The normalized spacial score (nSPS) is 11.6. The van der Waals surface area contributed by atoms with Gasteiger partial charge in [0.2, 0.25) is 10.0 Å². The average molecular weight is 448 g/mol. The molecule has 0 aliphatic heterocycles. The number of aliphatic imine (C=N–C) groups is 1. The highest BCUT2D eigenvalue weighted by Crippen LogP contribution is 2.32. The van der Waals surface area contributed by atoms with E-state index < -0.39 is 10.0 Å². The third-order valence-corrected chi connectivity index (χ3v) is 6.75. The van der Waals surface area contributed by atoms with Crippen LogP contribution in [0.3, 0.4) is 0 Å². The van der Waals surface area contributed by atoms with E-state index in [-0.39, 0.29) is 23.2 Å². The second-order valence-electron chi connectivity index (χ2n) is 6.45. The summed E-state index contributed by atoms with van der Waals surface area (Å²) in [4.78, 5) is 8.20. The number of fused-ring (bicyclic) bond motifs is 1. The van der Waals surface area contributed by atoms with Crippen molar-refractivity contribution >= 4 is 44.2 Å². The Hall–Kier alpha value is -2.88. The lowest BCUT2D eigenvalue weighted by Crippen LogP contribution is -2.30. The van der Waals surface area contributed by atoms with E-state index in [4.69, 9.17) is 27.8 Å². The van der Waals surface area contributed by atoms with Gasteiger partial charge in [0.15, 0.2) is 11.8 Å². The minimum atomic E-state index is -3.79. The molecule has 0 radical (unpaired) electrons. The van der Waals surface area contributed by atoms with Crippen LogP contribution in [0.2, 0.25) is 5.02 Å². The van der Waals surface area contributed by atoms with Gasteiger partial charge in [0.05, 0.1) is 17.0 Å². The number of nitrogens with two attached hydrogens (primary N) is 2. The summed E-state index contributed by atoms with van der Waals surface area (Å²) >= 11 is 6.21. The van der Waals surface area contributed by atoms with E-state index >= 15 is 0 Å². The molecule has 0 aliphatic rings. The number of rotatable bonds is 7. The second-order valence-corrected chi connectivity index (χ2v) is 8.80. The van der Waals surface area contributed by atoms with Crippen molar-refractivity contribution in [1.82, 2.24) is 9.29 Å². The van der Waals surface area contributed by atoms with Crippen LogP contribution < -0.4 is 16.2 Å². The summed E-state index contributed by atoms with van der Waals surface area (Å²) in [5.74, 6) is 0.717. The molecule has 0 bridgehead atoms. The van der Waals surface area contributed by atoms with Gasteiger partial charge >= 0.3 is 0 Å². The van der Waals surface area contributed by atoms with Crippen molar-refractivity contribution in [2.45, 2.75) is 18.4 Å². The monoisotopic (exact) mass is 447 g/mol. The third-order valence-electron chi connectivity index (χ3n) is 4.53. The molecule has 30 heavy (non-hydrogen) atoms. The van der Waals surface area contributed by atoms with Gasteiger partial charge in [-0.3, -0.25) is 0 Å². The molecular weight excluding hydrogens is 426 g/mol. The molecule has 3 rings (SSSR count). The molecule has 158 valence electrons. The van der Waals surface area contributed by atoms with Gasteiger partial charge in [0, 0.05) is 30.1 Å². The minimum absolute atomic E-state index is 0.0986. The first-order valence-electron chi connectivity index (χ1n) is 9.07. The Kier molecular flexibility index (Phi) is 6.45. The Balaban J connectivity index is 2.03. The van der Waals surface area contributed by atoms with E-state index in [1.807, 2.05) is 12.1 Å². The minimum Gasteiger partial charge on any atom is -0.497 e. The highest BCUT2D eigenvalue weighted by Gasteiger charge is 2.24. The van der Waals surface area contributed by atoms with Crippen molar-refractivity contribution in [3.05, 3.63) is 59.2 Å². The Bertz CT molecular complexity index is 1190. The molecule has 2 aromatic carbocycles. The van der Waals surface area contributed by atoms with E-state index in [2.05, 4.69) is 9.98 Å². The van der Waals surface area contributed by atoms with Gasteiger partial charge in [-0.15, -0.1) is 0 Å². The third kappa shape index (κ3) is 4.48. The molecule has 0 unspecified atom stereocenters. The van der Waals surface area contributed by atoms with E-state index in [1.165, 1.54) is 22.6 Å². The number of benzene rings is 2. The van der Waals surface area contributed by atoms with Crippen LogP contribution in [0, 0.1) is 0 Å². The Labute approximate surface area is 180 Å². The first-order valence-corrected chi connectivity index (χ1v) is 10.9. The average Bonchev–Trinajstić information content (AvgIpc) is 2.73. The molecule has 8 nitrogen and oxygen atoms in total. The van der Waals surface area contributed by atoms with Crippen LogP contribution in [0.25, 0.3) is 10.8 Å². The summed E-state index contributed by atoms with van der Waals surface area (Å²) in [6.07, 6.45) is 1.42. The van der Waals surface area contributed by atoms with Gasteiger partial charge in [0.25, 0.3) is 0 Å². The molecular formula is C20H22ClN5O3S. The number of hydrogen-bond donors (Lipinski definition) is 2. The summed E-state index contributed by atoms with van der Waals surface area (Å²) in [6.45, 7) is 2.29. The van der Waals surface area contributed by atoms with Crippen molar-refractivity contribution < 1.29 is 13.2 Å². The van der Waals surface area contributed by atoms with Crippen LogP contribution in [-0.4, -0.2) is 37.3 Å². The number of sulfonamides is 1. The predicted octanol–water partition coefficient (Wildman–Crippen LogP) is 3.01. The first kappa shape index (κ1) is 21.8. The van der Waals surface area contributed by atoms with Crippen LogP contribution in [-0.2, 0) is 16.6 Å². The summed E-state index contributed by atoms with van der Waals surface area (Å²) in [5.41, 5.74) is 11.8. The van der Waals surface area contributed by atoms with Crippen LogP contribution in [0.5, 0.6) is 5.75 Å². The van der Waals surface area contributed by atoms with Crippen molar-refractivity contribution in [1.29, 1.82) is 0 Å². The quantitative estimate of drug-likeness (QED) is 0.423. The van der Waals surface area contributed by atoms with Gasteiger partial charge in [-0.1, -0.05) is 36.7 Å². The maximum atomic E-state index is 13.3. The van der Waals surface area contributed by atoms with Crippen LogP contribution in [0.15, 0.2) is 58.5 Å². The zero-order chi connectivity index (χ0) is 21.9. The molecule has 0 fully saturated rings. The first-order chi connectivity index (χ1) is 14.3. The van der Waals surface area contributed by atoms with Crippen molar-refractivity contribution in [2.75, 3.05) is 13.7 Å². The molecule has 10 heteroatoms.